The van der Waals surface area contributed by atoms with Gasteiger partial charge in [-0.1, -0.05) is 31.4 Å². The summed E-state index contributed by atoms with van der Waals surface area (Å²) in [5.41, 5.74) is 4.34. The van der Waals surface area contributed by atoms with Crippen molar-refractivity contribution in [3.63, 3.8) is 0 Å². The molecule has 0 aromatic carbocycles. The average molecular weight is 209 g/mol. The fourth-order valence-electron chi connectivity index (χ4n) is 1.58. The topological polar surface area (TPSA) is 3.24 Å². The second kappa shape index (κ2) is 7.56. The molecule has 0 aromatic heterocycles. The zero-order chi connectivity index (χ0) is 11.8. The first-order valence-electron chi connectivity index (χ1n) is 6.07. The molecule has 88 valence electrons. The van der Waals surface area contributed by atoms with E-state index in [1.165, 1.54) is 36.1 Å². The first-order valence-corrected chi connectivity index (χ1v) is 6.07. The van der Waals surface area contributed by atoms with Crippen molar-refractivity contribution in [1.29, 1.82) is 0 Å². The Morgan fingerprint density at radius 3 is 2.13 bits per heavy atom. The summed E-state index contributed by atoms with van der Waals surface area (Å²) in [6, 6.07) is 0. The van der Waals surface area contributed by atoms with Gasteiger partial charge in [-0.25, -0.2) is 0 Å². The number of rotatable bonds is 6. The minimum Gasteiger partial charge on any atom is -0.378 e. The van der Waals surface area contributed by atoms with Gasteiger partial charge in [-0.15, -0.1) is 0 Å². The van der Waals surface area contributed by atoms with Crippen LogP contribution < -0.4 is 0 Å². The van der Waals surface area contributed by atoms with Gasteiger partial charge in [0.25, 0.3) is 0 Å². The fraction of sp³-hybridized carbons (Fsp3) is 0.714. The van der Waals surface area contributed by atoms with Crippen LogP contribution in [-0.2, 0) is 0 Å². The third-order valence-electron chi connectivity index (χ3n) is 2.76. The van der Waals surface area contributed by atoms with Crippen LogP contribution in [0.25, 0.3) is 0 Å². The highest BCUT2D eigenvalue weighted by Gasteiger charge is 2.01. The second-order valence-electron chi connectivity index (χ2n) is 4.51. The maximum Gasteiger partial charge on any atom is 0.0349 e. The Bertz CT molecular complexity index is 234. The standard InChI is InChI=1S/C14H27N/c1-7-9-10-12(3)11-14(15(5)6)13(4)8-2/h11H,7-10H2,1-6H3. The molecule has 0 aliphatic carbocycles. The molecular weight excluding hydrogens is 182 g/mol. The molecule has 0 N–H and O–H groups in total. The molecule has 0 bridgehead atoms. The third kappa shape index (κ3) is 5.66. The van der Waals surface area contributed by atoms with Crippen LogP contribution in [0.5, 0.6) is 0 Å². The third-order valence-corrected chi connectivity index (χ3v) is 2.76. The molecule has 1 heteroatoms. The van der Waals surface area contributed by atoms with Gasteiger partial charge in [0, 0.05) is 19.8 Å². The van der Waals surface area contributed by atoms with Crippen LogP contribution in [0.4, 0.5) is 0 Å². The van der Waals surface area contributed by atoms with E-state index in [9.17, 15) is 0 Å². The first-order chi connectivity index (χ1) is 7.02. The van der Waals surface area contributed by atoms with E-state index in [1.807, 2.05) is 0 Å². The van der Waals surface area contributed by atoms with Gasteiger partial charge < -0.3 is 4.90 Å². The van der Waals surface area contributed by atoms with Crippen molar-refractivity contribution in [3.8, 4) is 0 Å². The first kappa shape index (κ1) is 14.3. The highest BCUT2D eigenvalue weighted by Crippen LogP contribution is 2.16. The molecule has 0 fully saturated rings. The molecule has 0 saturated heterocycles. The van der Waals surface area contributed by atoms with E-state index in [1.54, 1.807) is 0 Å². The van der Waals surface area contributed by atoms with Crippen molar-refractivity contribution in [2.24, 2.45) is 0 Å². The summed E-state index contributed by atoms with van der Waals surface area (Å²) in [4.78, 5) is 2.22. The summed E-state index contributed by atoms with van der Waals surface area (Å²) in [7, 11) is 4.25. The zero-order valence-electron chi connectivity index (χ0n) is 11.4. The highest BCUT2D eigenvalue weighted by molar-refractivity contribution is 5.26. The largest absolute Gasteiger partial charge is 0.378 e. The summed E-state index contributed by atoms with van der Waals surface area (Å²) >= 11 is 0. The minimum atomic E-state index is 1.13. The molecule has 0 saturated carbocycles. The molecule has 0 unspecified atom stereocenters. The second-order valence-corrected chi connectivity index (χ2v) is 4.51. The molecule has 0 heterocycles. The quantitative estimate of drug-likeness (QED) is 0.587. The Kier molecular flexibility index (Phi) is 7.19. The van der Waals surface area contributed by atoms with Crippen molar-refractivity contribution in [3.05, 3.63) is 22.9 Å². The molecule has 0 spiro atoms. The number of hydrogen-bond donors (Lipinski definition) is 0. The molecule has 0 aliphatic heterocycles. The SMILES string of the molecule is CCCCC(C)=CC(=C(C)CC)N(C)C. The zero-order valence-corrected chi connectivity index (χ0v) is 11.4. The van der Waals surface area contributed by atoms with Crippen LogP contribution in [-0.4, -0.2) is 19.0 Å². The summed E-state index contributed by atoms with van der Waals surface area (Å²) in [5, 5.41) is 0. The molecule has 1 nitrogen and oxygen atoms in total. The summed E-state index contributed by atoms with van der Waals surface area (Å²) in [6.45, 7) is 8.92. The molecule has 0 rings (SSSR count). The van der Waals surface area contributed by atoms with Crippen LogP contribution in [0.3, 0.4) is 0 Å². The molecule has 15 heavy (non-hydrogen) atoms. The highest BCUT2D eigenvalue weighted by atomic mass is 15.1. The van der Waals surface area contributed by atoms with E-state index in [0.717, 1.165) is 6.42 Å². The number of unbranched alkanes of at least 4 members (excludes halogenated alkanes) is 1. The Morgan fingerprint density at radius 2 is 1.73 bits per heavy atom. The van der Waals surface area contributed by atoms with E-state index in [4.69, 9.17) is 0 Å². The molecular formula is C14H27N. The Hall–Kier alpha value is -0.720. The Balaban J connectivity index is 4.67. The summed E-state index contributed by atoms with van der Waals surface area (Å²) in [6.07, 6.45) is 7.28. The van der Waals surface area contributed by atoms with Crippen LogP contribution in [0.1, 0.15) is 53.4 Å². The van der Waals surface area contributed by atoms with Gasteiger partial charge in [-0.3, -0.25) is 0 Å². The average Bonchev–Trinajstić information content (AvgIpc) is 2.21. The number of allylic oxidation sites excluding steroid dienone is 3. The van der Waals surface area contributed by atoms with Gasteiger partial charge in [-0.2, -0.15) is 0 Å². The lowest BCUT2D eigenvalue weighted by Crippen LogP contribution is -2.11. The van der Waals surface area contributed by atoms with Crippen molar-refractivity contribution < 1.29 is 0 Å². The van der Waals surface area contributed by atoms with Crippen LogP contribution in [0, 0.1) is 0 Å². The lowest BCUT2D eigenvalue weighted by molar-refractivity contribution is 0.519. The maximum absolute atomic E-state index is 2.34. The lowest BCUT2D eigenvalue weighted by Gasteiger charge is -2.18. The molecule has 0 amide bonds. The van der Waals surface area contributed by atoms with Gasteiger partial charge in [0.05, 0.1) is 0 Å². The number of likely N-dealkylation sites (N-methyl/N-ethyl adjacent to an activating group) is 1. The van der Waals surface area contributed by atoms with Gasteiger partial charge >= 0.3 is 0 Å². The van der Waals surface area contributed by atoms with E-state index in [0.29, 0.717) is 0 Å². The minimum absolute atomic E-state index is 1.13. The monoisotopic (exact) mass is 209 g/mol. The van der Waals surface area contributed by atoms with Gasteiger partial charge in [0.15, 0.2) is 0 Å². The smallest absolute Gasteiger partial charge is 0.0349 e. The van der Waals surface area contributed by atoms with Crippen LogP contribution in [0.15, 0.2) is 22.9 Å². The molecule has 0 aliphatic rings. The van der Waals surface area contributed by atoms with E-state index < -0.39 is 0 Å². The van der Waals surface area contributed by atoms with E-state index in [2.05, 4.69) is 52.8 Å². The predicted molar refractivity (Wildman–Crippen MR) is 70.0 cm³/mol. The maximum atomic E-state index is 2.34. The predicted octanol–water partition coefficient (Wildman–Crippen LogP) is 4.37. The summed E-state index contributed by atoms with van der Waals surface area (Å²) in [5.74, 6) is 0. The molecule has 0 atom stereocenters. The van der Waals surface area contributed by atoms with Crippen molar-refractivity contribution in [1.82, 2.24) is 4.90 Å². The van der Waals surface area contributed by atoms with Crippen molar-refractivity contribution in [2.75, 3.05) is 14.1 Å². The molecule has 0 aromatic rings. The van der Waals surface area contributed by atoms with E-state index >= 15 is 0 Å². The summed E-state index contributed by atoms with van der Waals surface area (Å²) < 4.78 is 0. The Labute approximate surface area is 95.9 Å². The number of hydrogen-bond acceptors (Lipinski definition) is 1. The van der Waals surface area contributed by atoms with Crippen LogP contribution in [0.2, 0.25) is 0 Å². The van der Waals surface area contributed by atoms with Gasteiger partial charge in [0.2, 0.25) is 0 Å². The molecule has 0 radical (unpaired) electrons. The lowest BCUT2D eigenvalue weighted by atomic mass is 10.1. The fourth-order valence-corrected chi connectivity index (χ4v) is 1.58. The van der Waals surface area contributed by atoms with Crippen LogP contribution >= 0.6 is 0 Å². The van der Waals surface area contributed by atoms with Gasteiger partial charge in [0.1, 0.15) is 0 Å². The van der Waals surface area contributed by atoms with Gasteiger partial charge in [-0.05, 0) is 39.2 Å². The van der Waals surface area contributed by atoms with Crippen molar-refractivity contribution in [2.45, 2.75) is 53.4 Å². The Morgan fingerprint density at radius 1 is 1.13 bits per heavy atom. The normalized spacial score (nSPS) is 13.9. The van der Waals surface area contributed by atoms with E-state index in [-0.39, 0.29) is 0 Å². The van der Waals surface area contributed by atoms with Crippen molar-refractivity contribution >= 4 is 0 Å². The number of nitrogens with zero attached hydrogens (tertiary/aromatic N) is 1.